The summed E-state index contributed by atoms with van der Waals surface area (Å²) >= 11 is 0. The number of nitrogens with zero attached hydrogens (tertiary/aromatic N) is 1. The molecule has 0 aromatic carbocycles. The van der Waals surface area contributed by atoms with Gasteiger partial charge in [-0.15, -0.1) is 0 Å². The van der Waals surface area contributed by atoms with Crippen LogP contribution in [0.1, 0.15) is 35.7 Å². The molecule has 0 bridgehead atoms. The van der Waals surface area contributed by atoms with Crippen molar-refractivity contribution in [2.24, 2.45) is 0 Å². The Morgan fingerprint density at radius 3 is 2.53 bits per heavy atom. The summed E-state index contributed by atoms with van der Waals surface area (Å²) in [5.74, 6) is -0.593. The van der Waals surface area contributed by atoms with E-state index in [0.717, 1.165) is 0 Å². The van der Waals surface area contributed by atoms with Crippen molar-refractivity contribution in [3.63, 3.8) is 0 Å². The molecule has 1 aromatic rings. The molecule has 2 N–H and O–H groups in total. The van der Waals surface area contributed by atoms with Gasteiger partial charge >= 0.3 is 5.97 Å². The molecular weight excluding hydrogens is 272 g/mol. The van der Waals surface area contributed by atoms with E-state index >= 15 is 0 Å². The summed E-state index contributed by atoms with van der Waals surface area (Å²) in [7, 11) is -2.14. The van der Waals surface area contributed by atoms with Crippen LogP contribution in [-0.4, -0.2) is 36.9 Å². The molecule has 0 saturated heterocycles. The minimum atomic E-state index is -3.61. The summed E-state index contributed by atoms with van der Waals surface area (Å²) in [6.45, 7) is 4.92. The molecule has 0 fully saturated rings. The molecule has 0 aliphatic carbocycles. The molecule has 8 heteroatoms. The van der Waals surface area contributed by atoms with Gasteiger partial charge in [-0.1, -0.05) is 0 Å². The van der Waals surface area contributed by atoms with E-state index in [2.05, 4.69) is 4.72 Å². The Balaban J connectivity index is 2.78. The van der Waals surface area contributed by atoms with Gasteiger partial charge in [-0.05, 0) is 26.8 Å². The van der Waals surface area contributed by atoms with Crippen LogP contribution < -0.4 is 4.72 Å². The number of furan rings is 1. The third-order valence-electron chi connectivity index (χ3n) is 2.73. The van der Waals surface area contributed by atoms with Crippen LogP contribution in [0.25, 0.3) is 0 Å². The number of carboxylic acids is 1. The van der Waals surface area contributed by atoms with Crippen LogP contribution in [0.2, 0.25) is 0 Å². The molecule has 0 radical (unpaired) electrons. The molecule has 1 aromatic heterocycles. The van der Waals surface area contributed by atoms with Gasteiger partial charge in [0.05, 0.1) is 6.54 Å². The average Bonchev–Trinajstić information content (AvgIpc) is 2.67. The number of aromatic carboxylic acids is 1. The fourth-order valence-electron chi connectivity index (χ4n) is 1.38. The highest BCUT2D eigenvalue weighted by Gasteiger charge is 2.21. The zero-order valence-corrected chi connectivity index (χ0v) is 12.1. The van der Waals surface area contributed by atoms with Gasteiger partial charge in [-0.2, -0.15) is 17.4 Å². The van der Waals surface area contributed by atoms with E-state index in [1.807, 2.05) is 0 Å². The molecule has 7 nitrogen and oxygen atoms in total. The first kappa shape index (κ1) is 15.7. The topological polar surface area (TPSA) is 99.9 Å². The van der Waals surface area contributed by atoms with Crippen LogP contribution in [0.4, 0.5) is 0 Å². The van der Waals surface area contributed by atoms with E-state index in [4.69, 9.17) is 9.52 Å². The SMILES string of the molecule is Cc1oc(CNS(=O)(=O)N(C)C(C)C)cc1C(=O)O. The maximum atomic E-state index is 11.8. The quantitative estimate of drug-likeness (QED) is 0.813. The van der Waals surface area contributed by atoms with E-state index < -0.39 is 16.2 Å². The van der Waals surface area contributed by atoms with Gasteiger partial charge in [0.2, 0.25) is 0 Å². The highest BCUT2D eigenvalue weighted by molar-refractivity contribution is 7.87. The molecule has 0 spiro atoms. The highest BCUT2D eigenvalue weighted by Crippen LogP contribution is 2.15. The van der Waals surface area contributed by atoms with Gasteiger partial charge < -0.3 is 9.52 Å². The third-order valence-corrected chi connectivity index (χ3v) is 4.42. The molecule has 0 unspecified atom stereocenters. The van der Waals surface area contributed by atoms with Gasteiger partial charge in [-0.3, -0.25) is 0 Å². The zero-order chi connectivity index (χ0) is 14.8. The van der Waals surface area contributed by atoms with Crippen LogP contribution in [0.5, 0.6) is 0 Å². The number of rotatable bonds is 6. The van der Waals surface area contributed by atoms with E-state index in [0.29, 0.717) is 0 Å². The van der Waals surface area contributed by atoms with E-state index in [9.17, 15) is 13.2 Å². The monoisotopic (exact) mass is 290 g/mol. The lowest BCUT2D eigenvalue weighted by Crippen LogP contribution is -2.41. The predicted molar refractivity (Wildman–Crippen MR) is 69.1 cm³/mol. The smallest absolute Gasteiger partial charge is 0.339 e. The Morgan fingerprint density at radius 1 is 1.53 bits per heavy atom. The van der Waals surface area contributed by atoms with Gasteiger partial charge in [0.25, 0.3) is 10.2 Å². The molecular formula is C11H18N2O5S. The fraction of sp³-hybridized carbons (Fsp3) is 0.545. The Hall–Kier alpha value is -1.38. The molecule has 1 heterocycles. The second-order valence-electron chi connectivity index (χ2n) is 4.42. The summed E-state index contributed by atoms with van der Waals surface area (Å²) in [6.07, 6.45) is 0. The van der Waals surface area contributed by atoms with Crippen LogP contribution in [-0.2, 0) is 16.8 Å². The van der Waals surface area contributed by atoms with Crippen LogP contribution in [0, 0.1) is 6.92 Å². The molecule has 0 saturated carbocycles. The van der Waals surface area contributed by atoms with Gasteiger partial charge in [0, 0.05) is 13.1 Å². The van der Waals surface area contributed by atoms with Crippen LogP contribution >= 0.6 is 0 Å². The first-order valence-corrected chi connectivity index (χ1v) is 7.14. The Morgan fingerprint density at radius 2 is 2.11 bits per heavy atom. The van der Waals surface area contributed by atoms with Crippen molar-refractivity contribution in [2.75, 3.05) is 7.05 Å². The van der Waals surface area contributed by atoms with Crippen molar-refractivity contribution in [3.05, 3.63) is 23.2 Å². The molecule has 108 valence electrons. The van der Waals surface area contributed by atoms with Gasteiger partial charge in [0.15, 0.2) is 0 Å². The number of carbonyl (C=O) groups is 1. The lowest BCUT2D eigenvalue weighted by Gasteiger charge is -2.20. The van der Waals surface area contributed by atoms with Crippen molar-refractivity contribution in [3.8, 4) is 0 Å². The lowest BCUT2D eigenvalue weighted by atomic mass is 10.2. The Labute approximate surface area is 112 Å². The second-order valence-corrected chi connectivity index (χ2v) is 6.24. The first-order valence-electron chi connectivity index (χ1n) is 5.70. The third kappa shape index (κ3) is 3.79. The van der Waals surface area contributed by atoms with Gasteiger partial charge in [-0.25, -0.2) is 4.79 Å². The van der Waals surface area contributed by atoms with E-state index in [1.54, 1.807) is 13.8 Å². The number of hydrogen-bond acceptors (Lipinski definition) is 4. The zero-order valence-electron chi connectivity index (χ0n) is 11.3. The summed E-state index contributed by atoms with van der Waals surface area (Å²) in [4.78, 5) is 10.8. The molecule has 1 rings (SSSR count). The minimum Gasteiger partial charge on any atom is -0.478 e. The standard InChI is InChI=1S/C11H18N2O5S/c1-7(2)13(4)19(16,17)12-6-9-5-10(11(14)15)8(3)18-9/h5,7,12H,6H2,1-4H3,(H,14,15). The molecule has 0 amide bonds. The normalized spacial score (nSPS) is 12.3. The number of carboxylic acid groups (broad SMARTS) is 1. The number of hydrogen-bond donors (Lipinski definition) is 2. The van der Waals surface area contributed by atoms with Crippen LogP contribution in [0.3, 0.4) is 0 Å². The number of aryl methyl sites for hydroxylation is 1. The maximum absolute atomic E-state index is 11.8. The lowest BCUT2D eigenvalue weighted by molar-refractivity contribution is 0.0695. The fourth-order valence-corrected chi connectivity index (χ4v) is 2.47. The Kier molecular flexibility index (Phi) is 4.72. The van der Waals surface area contributed by atoms with Crippen molar-refractivity contribution in [1.82, 2.24) is 9.03 Å². The minimum absolute atomic E-state index is 0.0337. The van der Waals surface area contributed by atoms with Crippen LogP contribution in [0.15, 0.2) is 10.5 Å². The summed E-state index contributed by atoms with van der Waals surface area (Å²) in [5, 5.41) is 8.86. The largest absolute Gasteiger partial charge is 0.478 e. The molecule has 0 aliphatic heterocycles. The van der Waals surface area contributed by atoms with Crippen molar-refractivity contribution in [2.45, 2.75) is 33.4 Å². The number of nitrogens with one attached hydrogen (secondary N) is 1. The summed E-state index contributed by atoms with van der Waals surface area (Å²) in [5.41, 5.74) is 0.0337. The average molecular weight is 290 g/mol. The predicted octanol–water partition coefficient (Wildman–Crippen LogP) is 0.961. The second kappa shape index (κ2) is 5.72. The Bertz CT molecular complexity index is 562. The summed E-state index contributed by atoms with van der Waals surface area (Å²) in [6, 6.07) is 1.14. The van der Waals surface area contributed by atoms with Crippen molar-refractivity contribution in [1.29, 1.82) is 0 Å². The van der Waals surface area contributed by atoms with E-state index in [-0.39, 0.29) is 29.7 Å². The van der Waals surface area contributed by atoms with Crippen molar-refractivity contribution >= 4 is 16.2 Å². The first-order chi connectivity index (χ1) is 8.65. The molecule has 0 aliphatic rings. The highest BCUT2D eigenvalue weighted by atomic mass is 32.2. The van der Waals surface area contributed by atoms with Gasteiger partial charge in [0.1, 0.15) is 17.1 Å². The molecule has 19 heavy (non-hydrogen) atoms. The maximum Gasteiger partial charge on any atom is 0.339 e. The summed E-state index contributed by atoms with van der Waals surface area (Å²) < 4.78 is 32.4. The van der Waals surface area contributed by atoms with Crippen molar-refractivity contribution < 1.29 is 22.7 Å². The molecule has 0 atom stereocenters. The van der Waals surface area contributed by atoms with E-state index in [1.165, 1.54) is 24.3 Å².